The van der Waals surface area contributed by atoms with Gasteiger partial charge in [0.1, 0.15) is 0 Å². The zero-order chi connectivity index (χ0) is 12.9. The largest absolute Gasteiger partial charge is 0.409 e. The zero-order valence-electron chi connectivity index (χ0n) is 8.83. The van der Waals surface area contributed by atoms with Gasteiger partial charge in [0, 0.05) is 12.1 Å². The average molecular weight is 247 g/mol. The van der Waals surface area contributed by atoms with Gasteiger partial charge in [-0.3, -0.25) is 0 Å². The minimum Gasteiger partial charge on any atom is -0.409 e. The van der Waals surface area contributed by atoms with E-state index in [4.69, 9.17) is 10.9 Å². The molecule has 0 bridgehead atoms. The molecular formula is C10H12F3N3O. The molecule has 94 valence electrons. The van der Waals surface area contributed by atoms with Crippen LogP contribution in [0.1, 0.15) is 11.1 Å². The highest BCUT2D eigenvalue weighted by Gasteiger charge is 2.26. The molecule has 0 heterocycles. The van der Waals surface area contributed by atoms with E-state index in [1.54, 1.807) is 24.3 Å². The van der Waals surface area contributed by atoms with Crippen molar-refractivity contribution >= 4 is 5.84 Å². The van der Waals surface area contributed by atoms with Crippen molar-refractivity contribution in [1.29, 1.82) is 0 Å². The summed E-state index contributed by atoms with van der Waals surface area (Å²) in [6.07, 6.45) is -4.26. The van der Waals surface area contributed by atoms with Crippen LogP contribution in [0.3, 0.4) is 0 Å². The lowest BCUT2D eigenvalue weighted by Crippen LogP contribution is -2.29. The predicted molar refractivity (Wildman–Crippen MR) is 56.7 cm³/mol. The highest BCUT2D eigenvalue weighted by atomic mass is 19.4. The maximum atomic E-state index is 11.9. The minimum absolute atomic E-state index is 0.00803. The Bertz CT molecular complexity index is 404. The van der Waals surface area contributed by atoms with Gasteiger partial charge in [-0.15, -0.1) is 0 Å². The smallest absolute Gasteiger partial charge is 0.401 e. The number of hydrogen-bond donors (Lipinski definition) is 3. The molecule has 0 aromatic heterocycles. The summed E-state index contributed by atoms with van der Waals surface area (Å²) < 4.78 is 35.8. The minimum atomic E-state index is -4.26. The first kappa shape index (κ1) is 13.3. The number of halogens is 3. The van der Waals surface area contributed by atoms with Gasteiger partial charge < -0.3 is 16.3 Å². The SMILES string of the molecule is NC(=NO)c1ccccc1CNCC(F)(F)F. The first-order valence-electron chi connectivity index (χ1n) is 4.77. The number of amidine groups is 1. The fourth-order valence-corrected chi connectivity index (χ4v) is 1.32. The topological polar surface area (TPSA) is 70.6 Å². The second kappa shape index (κ2) is 5.53. The van der Waals surface area contributed by atoms with Crippen molar-refractivity contribution in [2.45, 2.75) is 12.7 Å². The van der Waals surface area contributed by atoms with Gasteiger partial charge in [-0.25, -0.2) is 0 Å². The van der Waals surface area contributed by atoms with Crippen LogP contribution in [-0.2, 0) is 6.54 Å². The molecule has 0 fully saturated rings. The molecule has 4 nitrogen and oxygen atoms in total. The van der Waals surface area contributed by atoms with Crippen molar-refractivity contribution in [1.82, 2.24) is 5.32 Å². The van der Waals surface area contributed by atoms with Gasteiger partial charge in [0.15, 0.2) is 5.84 Å². The lowest BCUT2D eigenvalue weighted by Gasteiger charge is -2.11. The fraction of sp³-hybridized carbons (Fsp3) is 0.300. The highest BCUT2D eigenvalue weighted by molar-refractivity contribution is 5.98. The lowest BCUT2D eigenvalue weighted by molar-refractivity contribution is -0.125. The monoisotopic (exact) mass is 247 g/mol. The lowest BCUT2D eigenvalue weighted by atomic mass is 10.1. The molecule has 0 radical (unpaired) electrons. The van der Waals surface area contributed by atoms with Gasteiger partial charge >= 0.3 is 6.18 Å². The van der Waals surface area contributed by atoms with Crippen LogP contribution in [-0.4, -0.2) is 23.8 Å². The van der Waals surface area contributed by atoms with Crippen LogP contribution < -0.4 is 11.1 Å². The van der Waals surface area contributed by atoms with Gasteiger partial charge in [0.25, 0.3) is 0 Å². The first-order valence-corrected chi connectivity index (χ1v) is 4.77. The summed E-state index contributed by atoms with van der Waals surface area (Å²) >= 11 is 0. The molecule has 0 spiro atoms. The van der Waals surface area contributed by atoms with Crippen LogP contribution in [0, 0.1) is 0 Å². The summed E-state index contributed by atoms with van der Waals surface area (Å²) in [6, 6.07) is 6.50. The van der Waals surface area contributed by atoms with Crippen LogP contribution in [0.25, 0.3) is 0 Å². The van der Waals surface area contributed by atoms with E-state index in [0.29, 0.717) is 11.1 Å². The maximum Gasteiger partial charge on any atom is 0.401 e. The Balaban J connectivity index is 2.71. The number of nitrogens with zero attached hydrogens (tertiary/aromatic N) is 1. The van der Waals surface area contributed by atoms with Gasteiger partial charge in [0.2, 0.25) is 0 Å². The Morgan fingerprint density at radius 3 is 2.59 bits per heavy atom. The van der Waals surface area contributed by atoms with Gasteiger partial charge in [-0.05, 0) is 5.56 Å². The second-order valence-corrected chi connectivity index (χ2v) is 3.36. The molecule has 0 saturated heterocycles. The summed E-state index contributed by atoms with van der Waals surface area (Å²) in [6.45, 7) is -1.09. The Hall–Kier alpha value is -1.76. The number of benzene rings is 1. The zero-order valence-corrected chi connectivity index (χ0v) is 8.83. The number of rotatable bonds is 4. The molecule has 0 unspecified atom stereocenters. The second-order valence-electron chi connectivity index (χ2n) is 3.36. The van der Waals surface area contributed by atoms with Crippen LogP contribution in [0.15, 0.2) is 29.4 Å². The van der Waals surface area contributed by atoms with Crippen LogP contribution in [0.2, 0.25) is 0 Å². The molecule has 0 amide bonds. The van der Waals surface area contributed by atoms with Gasteiger partial charge in [-0.2, -0.15) is 13.2 Å². The quantitative estimate of drug-likeness (QED) is 0.326. The molecule has 0 atom stereocenters. The van der Waals surface area contributed by atoms with E-state index < -0.39 is 12.7 Å². The summed E-state index contributed by atoms with van der Waals surface area (Å²) in [5.74, 6) is -0.130. The van der Waals surface area contributed by atoms with E-state index in [2.05, 4.69) is 10.5 Å². The van der Waals surface area contributed by atoms with Crippen molar-refractivity contribution in [3.05, 3.63) is 35.4 Å². The molecular weight excluding hydrogens is 235 g/mol. The predicted octanol–water partition coefficient (Wildman–Crippen LogP) is 1.43. The van der Waals surface area contributed by atoms with E-state index >= 15 is 0 Å². The Morgan fingerprint density at radius 1 is 1.35 bits per heavy atom. The van der Waals surface area contributed by atoms with E-state index in [1.165, 1.54) is 0 Å². The molecule has 1 rings (SSSR count). The van der Waals surface area contributed by atoms with Crippen molar-refractivity contribution in [3.63, 3.8) is 0 Å². The standard InChI is InChI=1S/C10H12F3N3O/c11-10(12,13)6-15-5-7-3-1-2-4-8(7)9(14)16-17/h1-4,15,17H,5-6H2,(H2,14,16). The number of alkyl halides is 3. The molecule has 4 N–H and O–H groups in total. The summed E-state index contributed by atoms with van der Waals surface area (Å²) in [4.78, 5) is 0. The van der Waals surface area contributed by atoms with Crippen LogP contribution in [0.5, 0.6) is 0 Å². The van der Waals surface area contributed by atoms with Crippen LogP contribution in [0.4, 0.5) is 13.2 Å². The molecule has 0 saturated carbocycles. The van der Waals surface area contributed by atoms with Crippen molar-refractivity contribution in [3.8, 4) is 0 Å². The van der Waals surface area contributed by atoms with Crippen molar-refractivity contribution in [2.75, 3.05) is 6.54 Å². The molecule has 0 aliphatic rings. The third-order valence-electron chi connectivity index (χ3n) is 2.04. The van der Waals surface area contributed by atoms with Gasteiger partial charge in [-0.1, -0.05) is 29.4 Å². The Labute approximate surface area is 95.9 Å². The average Bonchev–Trinajstić information content (AvgIpc) is 2.27. The van der Waals surface area contributed by atoms with Crippen LogP contribution >= 0.6 is 0 Å². The van der Waals surface area contributed by atoms with E-state index in [0.717, 1.165) is 0 Å². The summed E-state index contributed by atoms with van der Waals surface area (Å²) in [7, 11) is 0. The van der Waals surface area contributed by atoms with Gasteiger partial charge in [0.05, 0.1) is 6.54 Å². The third-order valence-corrected chi connectivity index (χ3v) is 2.04. The highest BCUT2D eigenvalue weighted by Crippen LogP contribution is 2.13. The number of hydrogen-bond acceptors (Lipinski definition) is 3. The van der Waals surface area contributed by atoms with Crippen molar-refractivity contribution in [2.24, 2.45) is 10.9 Å². The number of nitrogens with two attached hydrogens (primary N) is 1. The molecule has 7 heteroatoms. The fourth-order valence-electron chi connectivity index (χ4n) is 1.32. The molecule has 17 heavy (non-hydrogen) atoms. The summed E-state index contributed by atoms with van der Waals surface area (Å²) in [5, 5.41) is 13.6. The summed E-state index contributed by atoms with van der Waals surface area (Å²) in [5.41, 5.74) is 6.34. The number of oxime groups is 1. The van der Waals surface area contributed by atoms with E-state index in [-0.39, 0.29) is 12.4 Å². The third kappa shape index (κ3) is 4.31. The Morgan fingerprint density at radius 2 is 2.00 bits per heavy atom. The Kier molecular flexibility index (Phi) is 4.33. The molecule has 1 aromatic rings. The molecule has 0 aliphatic heterocycles. The number of nitrogens with one attached hydrogen (secondary N) is 1. The van der Waals surface area contributed by atoms with E-state index in [1.807, 2.05) is 0 Å². The first-order chi connectivity index (χ1) is 7.94. The van der Waals surface area contributed by atoms with E-state index in [9.17, 15) is 13.2 Å². The molecule has 1 aromatic carbocycles. The normalized spacial score (nSPS) is 12.8. The molecule has 0 aliphatic carbocycles. The van der Waals surface area contributed by atoms with Crippen molar-refractivity contribution < 1.29 is 18.4 Å². The maximum absolute atomic E-state index is 11.9.